The molecule has 0 aliphatic heterocycles. The second-order valence-corrected chi connectivity index (χ2v) is 7.06. The Bertz CT molecular complexity index is 956. The van der Waals surface area contributed by atoms with E-state index in [2.05, 4.69) is 15.6 Å². The van der Waals surface area contributed by atoms with Crippen LogP contribution in [0.5, 0.6) is 5.75 Å². The van der Waals surface area contributed by atoms with Crippen LogP contribution in [-0.4, -0.2) is 29.9 Å². The fourth-order valence-corrected chi connectivity index (χ4v) is 3.48. The number of benzene rings is 2. The Hall–Kier alpha value is -3.19. The number of nitrogens with one attached hydrogen (secondary N) is 2. The number of anilines is 1. The molecule has 7 heteroatoms. The Morgan fingerprint density at radius 3 is 2.64 bits per heavy atom. The van der Waals surface area contributed by atoms with Crippen LogP contribution in [-0.2, 0) is 16.0 Å². The molecular formula is C21H21N3O3S. The number of rotatable bonds is 7. The highest BCUT2D eigenvalue weighted by molar-refractivity contribution is 7.14. The van der Waals surface area contributed by atoms with Crippen molar-refractivity contribution < 1.29 is 14.3 Å². The number of methoxy groups -OCH3 is 1. The normalized spacial score (nSPS) is 11.5. The van der Waals surface area contributed by atoms with Gasteiger partial charge in [0.2, 0.25) is 11.8 Å². The fraction of sp³-hybridized carbons (Fsp3) is 0.190. The van der Waals surface area contributed by atoms with Crippen LogP contribution in [0.4, 0.5) is 5.13 Å². The van der Waals surface area contributed by atoms with Gasteiger partial charge < -0.3 is 15.4 Å². The van der Waals surface area contributed by atoms with Crippen molar-refractivity contribution in [3.63, 3.8) is 0 Å². The number of carbonyl (C=O) groups excluding carboxylic acids is 2. The van der Waals surface area contributed by atoms with Crippen molar-refractivity contribution in [3.8, 4) is 17.0 Å². The summed E-state index contributed by atoms with van der Waals surface area (Å²) in [6.07, 6.45) is 0.347. The lowest BCUT2D eigenvalue weighted by molar-refractivity contribution is -0.125. The van der Waals surface area contributed by atoms with E-state index in [4.69, 9.17) is 4.74 Å². The van der Waals surface area contributed by atoms with Crippen molar-refractivity contribution >= 4 is 28.3 Å². The smallest absolute Gasteiger partial charge is 0.249 e. The quantitative estimate of drug-likeness (QED) is 0.642. The van der Waals surface area contributed by atoms with Crippen molar-refractivity contribution in [2.24, 2.45) is 0 Å². The largest absolute Gasteiger partial charge is 0.497 e. The molecule has 1 heterocycles. The maximum absolute atomic E-state index is 12.8. The highest BCUT2D eigenvalue weighted by Gasteiger charge is 2.21. The molecule has 3 rings (SSSR count). The van der Waals surface area contributed by atoms with Crippen molar-refractivity contribution in [1.29, 1.82) is 0 Å². The molecule has 0 spiro atoms. The van der Waals surface area contributed by atoms with Crippen LogP contribution < -0.4 is 15.4 Å². The number of hydrogen-bond acceptors (Lipinski definition) is 5. The number of hydrogen-bond donors (Lipinski definition) is 2. The van der Waals surface area contributed by atoms with E-state index >= 15 is 0 Å². The monoisotopic (exact) mass is 395 g/mol. The SMILES string of the molecule is COc1cccc(CC(NC(C)=O)C(=O)Nc2nc(-c3ccccc3)cs2)c1. The first-order chi connectivity index (χ1) is 13.5. The maximum Gasteiger partial charge on any atom is 0.249 e. The van der Waals surface area contributed by atoms with E-state index in [9.17, 15) is 9.59 Å². The number of aromatic nitrogens is 1. The predicted molar refractivity (Wildman–Crippen MR) is 110 cm³/mol. The Balaban J connectivity index is 1.72. The predicted octanol–water partition coefficient (Wildman–Crippen LogP) is 3.50. The van der Waals surface area contributed by atoms with Gasteiger partial charge in [-0.25, -0.2) is 4.98 Å². The summed E-state index contributed by atoms with van der Waals surface area (Å²) >= 11 is 1.35. The van der Waals surface area contributed by atoms with Gasteiger partial charge in [-0.3, -0.25) is 9.59 Å². The summed E-state index contributed by atoms with van der Waals surface area (Å²) in [5.74, 6) is 0.117. The van der Waals surface area contributed by atoms with Gasteiger partial charge in [-0.1, -0.05) is 42.5 Å². The Labute approximate surface area is 167 Å². The average molecular weight is 395 g/mol. The van der Waals surface area contributed by atoms with E-state index in [0.29, 0.717) is 17.3 Å². The first kappa shape index (κ1) is 19.6. The lowest BCUT2D eigenvalue weighted by Gasteiger charge is -2.17. The van der Waals surface area contributed by atoms with Gasteiger partial charge in [-0.2, -0.15) is 0 Å². The molecule has 2 N–H and O–H groups in total. The zero-order valence-corrected chi connectivity index (χ0v) is 16.5. The molecule has 0 aliphatic rings. The molecule has 0 fully saturated rings. The second kappa shape index (κ2) is 9.14. The minimum absolute atomic E-state index is 0.271. The molecule has 0 saturated heterocycles. The number of amides is 2. The Morgan fingerprint density at radius 2 is 1.93 bits per heavy atom. The number of ether oxygens (including phenoxy) is 1. The second-order valence-electron chi connectivity index (χ2n) is 6.20. The van der Waals surface area contributed by atoms with Gasteiger partial charge in [0.25, 0.3) is 0 Å². The Kier molecular flexibility index (Phi) is 6.39. The minimum Gasteiger partial charge on any atom is -0.497 e. The van der Waals surface area contributed by atoms with E-state index in [0.717, 1.165) is 16.8 Å². The third kappa shape index (κ3) is 5.17. The third-order valence-corrected chi connectivity index (χ3v) is 4.83. The molecular weight excluding hydrogens is 374 g/mol. The van der Waals surface area contributed by atoms with Crippen molar-refractivity contribution in [1.82, 2.24) is 10.3 Å². The van der Waals surface area contributed by atoms with Gasteiger partial charge in [-0.05, 0) is 17.7 Å². The zero-order valence-electron chi connectivity index (χ0n) is 15.6. The fourth-order valence-electron chi connectivity index (χ4n) is 2.75. The maximum atomic E-state index is 12.8. The van der Waals surface area contributed by atoms with E-state index in [1.165, 1.54) is 18.3 Å². The molecule has 0 radical (unpaired) electrons. The average Bonchev–Trinajstić information content (AvgIpc) is 3.16. The van der Waals surface area contributed by atoms with Crippen molar-refractivity contribution in [2.75, 3.05) is 12.4 Å². The molecule has 1 atom stereocenters. The van der Waals surface area contributed by atoms with Crippen LogP contribution in [0.15, 0.2) is 60.0 Å². The van der Waals surface area contributed by atoms with Gasteiger partial charge in [0, 0.05) is 24.3 Å². The molecule has 1 aromatic heterocycles. The number of carbonyl (C=O) groups is 2. The standard InChI is InChI=1S/C21H21N3O3S/c1-14(25)22-18(12-15-7-6-10-17(11-15)27-2)20(26)24-21-23-19(13-28-21)16-8-4-3-5-9-16/h3-11,13,18H,12H2,1-2H3,(H,22,25)(H,23,24,26). The van der Waals surface area contributed by atoms with Crippen molar-refractivity contribution in [2.45, 2.75) is 19.4 Å². The Morgan fingerprint density at radius 1 is 1.14 bits per heavy atom. The van der Waals surface area contributed by atoms with Gasteiger partial charge in [0.1, 0.15) is 11.8 Å². The van der Waals surface area contributed by atoms with Crippen LogP contribution in [0.1, 0.15) is 12.5 Å². The summed E-state index contributed by atoms with van der Waals surface area (Å²) in [5, 5.41) is 7.90. The van der Waals surface area contributed by atoms with Crippen LogP contribution in [0, 0.1) is 0 Å². The molecule has 1 unspecified atom stereocenters. The number of thiazole rings is 1. The molecule has 0 saturated carbocycles. The van der Waals surface area contributed by atoms with E-state index in [1.54, 1.807) is 7.11 Å². The van der Waals surface area contributed by atoms with Gasteiger partial charge in [-0.15, -0.1) is 11.3 Å². The molecule has 3 aromatic rings. The van der Waals surface area contributed by atoms with Crippen LogP contribution in [0.2, 0.25) is 0 Å². The van der Waals surface area contributed by atoms with Crippen LogP contribution in [0.25, 0.3) is 11.3 Å². The van der Waals surface area contributed by atoms with E-state index in [1.807, 2.05) is 60.0 Å². The summed E-state index contributed by atoms with van der Waals surface area (Å²) in [4.78, 5) is 28.8. The highest BCUT2D eigenvalue weighted by atomic mass is 32.1. The summed E-state index contributed by atoms with van der Waals surface area (Å²) in [7, 11) is 1.59. The van der Waals surface area contributed by atoms with E-state index in [-0.39, 0.29) is 11.8 Å². The molecule has 2 aromatic carbocycles. The van der Waals surface area contributed by atoms with Gasteiger partial charge in [0.15, 0.2) is 5.13 Å². The van der Waals surface area contributed by atoms with Crippen molar-refractivity contribution in [3.05, 3.63) is 65.5 Å². The molecule has 2 amide bonds. The topological polar surface area (TPSA) is 80.3 Å². The molecule has 144 valence electrons. The summed E-state index contributed by atoms with van der Waals surface area (Å²) in [6.45, 7) is 1.39. The summed E-state index contributed by atoms with van der Waals surface area (Å²) in [5.41, 5.74) is 2.66. The number of nitrogens with zero attached hydrogens (tertiary/aromatic N) is 1. The van der Waals surface area contributed by atoms with E-state index < -0.39 is 6.04 Å². The van der Waals surface area contributed by atoms with Crippen LogP contribution in [0.3, 0.4) is 0 Å². The highest BCUT2D eigenvalue weighted by Crippen LogP contribution is 2.25. The first-order valence-corrected chi connectivity index (χ1v) is 9.65. The summed E-state index contributed by atoms with van der Waals surface area (Å²) < 4.78 is 5.22. The zero-order chi connectivity index (χ0) is 19.9. The molecule has 28 heavy (non-hydrogen) atoms. The summed E-state index contributed by atoms with van der Waals surface area (Å²) in [6, 6.07) is 16.4. The molecule has 0 aliphatic carbocycles. The molecule has 0 bridgehead atoms. The third-order valence-electron chi connectivity index (χ3n) is 4.07. The first-order valence-electron chi connectivity index (χ1n) is 8.77. The molecule has 6 nitrogen and oxygen atoms in total. The van der Waals surface area contributed by atoms with Gasteiger partial charge >= 0.3 is 0 Å². The minimum atomic E-state index is -0.714. The lowest BCUT2D eigenvalue weighted by atomic mass is 10.0. The lowest BCUT2D eigenvalue weighted by Crippen LogP contribution is -2.44. The van der Waals surface area contributed by atoms with Crippen LogP contribution >= 0.6 is 11.3 Å². The van der Waals surface area contributed by atoms with Gasteiger partial charge in [0.05, 0.1) is 12.8 Å².